The molecule has 3 aromatic rings. The number of Topliss-reactive ketones (excluding diaryl/α,β-unsaturated/α-hetero) is 1. The van der Waals surface area contributed by atoms with Crippen molar-refractivity contribution in [3.05, 3.63) is 58.8 Å². The molecule has 1 aliphatic heterocycles. The van der Waals surface area contributed by atoms with Gasteiger partial charge in [-0.2, -0.15) is 0 Å². The van der Waals surface area contributed by atoms with Crippen LogP contribution in [0.1, 0.15) is 20.9 Å². The number of rotatable bonds is 4. The molecule has 8 heteroatoms. The summed E-state index contributed by atoms with van der Waals surface area (Å²) in [6.45, 7) is -0.537. The van der Waals surface area contributed by atoms with Crippen molar-refractivity contribution in [2.45, 2.75) is 0 Å². The Kier molecular flexibility index (Phi) is 4.29. The minimum absolute atomic E-state index is 0.0221. The highest BCUT2D eigenvalue weighted by molar-refractivity contribution is 6.31. The first kappa shape index (κ1) is 17.1. The normalized spacial score (nSPS) is 12.9. The van der Waals surface area contributed by atoms with E-state index in [0.717, 1.165) is 0 Å². The SMILES string of the molecule is O=C1COc2ccc(C(=O)COC(=O)c3cc4cc(Cl)ccc4o3)cc2N1. The summed E-state index contributed by atoms with van der Waals surface area (Å²) in [6, 6.07) is 11.0. The van der Waals surface area contributed by atoms with Crippen LogP contribution in [0.3, 0.4) is 0 Å². The first-order valence-electron chi connectivity index (χ1n) is 7.96. The first-order valence-corrected chi connectivity index (χ1v) is 8.33. The molecule has 4 rings (SSSR count). The number of carbonyl (C=O) groups is 3. The Balaban J connectivity index is 1.44. The van der Waals surface area contributed by atoms with E-state index < -0.39 is 18.4 Å². The lowest BCUT2D eigenvalue weighted by atomic mass is 10.1. The highest BCUT2D eigenvalue weighted by atomic mass is 35.5. The molecule has 0 bridgehead atoms. The lowest BCUT2D eigenvalue weighted by Gasteiger charge is -2.18. The number of esters is 1. The van der Waals surface area contributed by atoms with Crippen molar-refractivity contribution in [3.63, 3.8) is 0 Å². The van der Waals surface area contributed by atoms with Crippen LogP contribution in [0.4, 0.5) is 5.69 Å². The van der Waals surface area contributed by atoms with E-state index in [9.17, 15) is 14.4 Å². The second kappa shape index (κ2) is 6.77. The smallest absolute Gasteiger partial charge is 0.374 e. The molecular formula is C19H12ClNO6. The third-order valence-electron chi connectivity index (χ3n) is 3.95. The van der Waals surface area contributed by atoms with E-state index in [1.165, 1.54) is 18.2 Å². The van der Waals surface area contributed by atoms with Crippen LogP contribution in [0.25, 0.3) is 11.0 Å². The van der Waals surface area contributed by atoms with Crippen molar-refractivity contribution < 1.29 is 28.3 Å². The second-order valence-electron chi connectivity index (χ2n) is 5.84. The highest BCUT2D eigenvalue weighted by Crippen LogP contribution is 2.28. The molecule has 1 N–H and O–H groups in total. The van der Waals surface area contributed by atoms with E-state index in [2.05, 4.69) is 5.32 Å². The number of hydrogen-bond donors (Lipinski definition) is 1. The number of amides is 1. The summed E-state index contributed by atoms with van der Waals surface area (Å²) in [6.07, 6.45) is 0. The Labute approximate surface area is 157 Å². The van der Waals surface area contributed by atoms with Gasteiger partial charge in [0.1, 0.15) is 11.3 Å². The number of nitrogens with one attached hydrogen (secondary N) is 1. The molecule has 136 valence electrons. The van der Waals surface area contributed by atoms with Gasteiger partial charge in [0.05, 0.1) is 5.69 Å². The molecule has 0 fully saturated rings. The van der Waals surface area contributed by atoms with Gasteiger partial charge in [0.25, 0.3) is 5.91 Å². The van der Waals surface area contributed by atoms with E-state index in [1.807, 2.05) is 0 Å². The molecule has 2 aromatic carbocycles. The van der Waals surface area contributed by atoms with Gasteiger partial charge in [-0.05, 0) is 42.5 Å². The standard InChI is InChI=1S/C19H12ClNO6/c20-12-2-4-15-11(5-12)7-17(27-15)19(24)26-8-14(22)10-1-3-16-13(6-10)21-18(23)9-25-16/h1-7H,8-9H2,(H,21,23). The van der Waals surface area contributed by atoms with Crippen LogP contribution in [0.2, 0.25) is 5.02 Å². The van der Waals surface area contributed by atoms with E-state index in [4.69, 9.17) is 25.5 Å². The van der Waals surface area contributed by atoms with E-state index >= 15 is 0 Å². The fourth-order valence-electron chi connectivity index (χ4n) is 2.66. The molecule has 0 saturated carbocycles. The summed E-state index contributed by atoms with van der Waals surface area (Å²) in [4.78, 5) is 35.8. The molecule has 0 unspecified atom stereocenters. The van der Waals surface area contributed by atoms with Gasteiger partial charge in [0.15, 0.2) is 19.0 Å². The van der Waals surface area contributed by atoms with Gasteiger partial charge in [-0.3, -0.25) is 9.59 Å². The third-order valence-corrected chi connectivity index (χ3v) is 4.18. The molecule has 27 heavy (non-hydrogen) atoms. The number of ether oxygens (including phenoxy) is 2. The van der Waals surface area contributed by atoms with Crippen LogP contribution < -0.4 is 10.1 Å². The third kappa shape index (κ3) is 3.50. The fourth-order valence-corrected chi connectivity index (χ4v) is 2.84. The summed E-state index contributed by atoms with van der Waals surface area (Å²) in [5.74, 6) is -1.03. The van der Waals surface area contributed by atoms with Gasteiger partial charge in [0.2, 0.25) is 5.76 Å². The lowest BCUT2D eigenvalue weighted by molar-refractivity contribution is -0.118. The number of hydrogen-bond acceptors (Lipinski definition) is 6. The summed E-state index contributed by atoms with van der Waals surface area (Å²) >= 11 is 5.90. The van der Waals surface area contributed by atoms with Gasteiger partial charge in [-0.1, -0.05) is 11.6 Å². The lowest BCUT2D eigenvalue weighted by Crippen LogP contribution is -2.25. The van der Waals surface area contributed by atoms with Gasteiger partial charge in [-0.15, -0.1) is 0 Å². The van der Waals surface area contributed by atoms with E-state index in [1.54, 1.807) is 24.3 Å². The van der Waals surface area contributed by atoms with E-state index in [0.29, 0.717) is 27.4 Å². The highest BCUT2D eigenvalue weighted by Gasteiger charge is 2.20. The van der Waals surface area contributed by atoms with Crippen LogP contribution in [-0.2, 0) is 9.53 Å². The fraction of sp³-hybridized carbons (Fsp3) is 0.105. The van der Waals surface area contributed by atoms with Gasteiger partial charge in [-0.25, -0.2) is 4.79 Å². The Hall–Kier alpha value is -3.32. The number of anilines is 1. The van der Waals surface area contributed by atoms with Crippen molar-refractivity contribution in [2.75, 3.05) is 18.5 Å². The Morgan fingerprint density at radius 3 is 2.85 bits per heavy atom. The predicted molar refractivity (Wildman–Crippen MR) is 96.4 cm³/mol. The maximum atomic E-state index is 12.3. The van der Waals surface area contributed by atoms with Gasteiger partial charge < -0.3 is 19.2 Å². The van der Waals surface area contributed by atoms with Gasteiger partial charge >= 0.3 is 5.97 Å². The van der Waals surface area contributed by atoms with Gasteiger partial charge in [0, 0.05) is 16.0 Å². The van der Waals surface area contributed by atoms with Crippen LogP contribution in [0.5, 0.6) is 5.75 Å². The minimum atomic E-state index is -0.759. The molecule has 0 radical (unpaired) electrons. The average molecular weight is 386 g/mol. The number of halogens is 1. The van der Waals surface area contributed by atoms with Crippen molar-refractivity contribution in [3.8, 4) is 5.75 Å². The summed E-state index contributed by atoms with van der Waals surface area (Å²) in [7, 11) is 0. The topological polar surface area (TPSA) is 94.8 Å². The monoisotopic (exact) mass is 385 g/mol. The molecule has 0 saturated heterocycles. The summed E-state index contributed by atoms with van der Waals surface area (Å²) < 4.78 is 15.7. The van der Waals surface area contributed by atoms with Crippen molar-refractivity contribution in [1.82, 2.24) is 0 Å². The van der Waals surface area contributed by atoms with Crippen molar-refractivity contribution in [2.24, 2.45) is 0 Å². The number of benzene rings is 2. The first-order chi connectivity index (χ1) is 13.0. The zero-order valence-electron chi connectivity index (χ0n) is 13.8. The average Bonchev–Trinajstić information content (AvgIpc) is 3.08. The maximum Gasteiger partial charge on any atom is 0.374 e. The van der Waals surface area contributed by atoms with Crippen molar-refractivity contribution >= 4 is 45.9 Å². The molecular weight excluding hydrogens is 374 g/mol. The zero-order chi connectivity index (χ0) is 19.0. The molecule has 1 aliphatic rings. The number of fused-ring (bicyclic) bond motifs is 2. The second-order valence-corrected chi connectivity index (χ2v) is 6.28. The Bertz CT molecular complexity index is 1090. The molecule has 7 nitrogen and oxygen atoms in total. The Morgan fingerprint density at radius 1 is 1.15 bits per heavy atom. The van der Waals surface area contributed by atoms with Crippen LogP contribution >= 0.6 is 11.6 Å². The largest absolute Gasteiger partial charge is 0.482 e. The predicted octanol–water partition coefficient (Wildman–Crippen LogP) is 3.46. The summed E-state index contributed by atoms with van der Waals surface area (Å²) in [5, 5.41) is 3.79. The van der Waals surface area contributed by atoms with Crippen molar-refractivity contribution in [1.29, 1.82) is 0 Å². The molecule has 0 spiro atoms. The van der Waals surface area contributed by atoms with Crippen LogP contribution in [0, 0.1) is 0 Å². The maximum absolute atomic E-state index is 12.3. The number of ketones is 1. The minimum Gasteiger partial charge on any atom is -0.482 e. The summed E-state index contributed by atoms with van der Waals surface area (Å²) in [5.41, 5.74) is 1.17. The quantitative estimate of drug-likeness (QED) is 0.546. The molecule has 1 amide bonds. The molecule has 2 heterocycles. The Morgan fingerprint density at radius 2 is 2.00 bits per heavy atom. The van der Waals surface area contributed by atoms with Crippen LogP contribution in [0.15, 0.2) is 46.9 Å². The number of furan rings is 1. The van der Waals surface area contributed by atoms with Crippen LogP contribution in [-0.4, -0.2) is 30.9 Å². The zero-order valence-corrected chi connectivity index (χ0v) is 14.5. The molecule has 1 aromatic heterocycles. The number of carbonyl (C=O) groups excluding carboxylic acids is 3. The van der Waals surface area contributed by atoms with E-state index in [-0.39, 0.29) is 23.8 Å². The molecule has 0 aliphatic carbocycles. The molecule has 0 atom stereocenters.